The summed E-state index contributed by atoms with van der Waals surface area (Å²) in [6.07, 6.45) is 1.12. The number of H-pyrrole nitrogens is 1. The third-order valence-electron chi connectivity index (χ3n) is 1.64. The fourth-order valence-electron chi connectivity index (χ4n) is 0.956. The molecule has 72 valence electrons. The van der Waals surface area contributed by atoms with Crippen LogP contribution in [0.2, 0.25) is 0 Å². The van der Waals surface area contributed by atoms with Crippen LogP contribution in [-0.2, 0) is 4.74 Å². The maximum Gasteiger partial charge on any atom is 0.341 e. The van der Waals surface area contributed by atoms with Crippen LogP contribution in [0.1, 0.15) is 15.9 Å². The van der Waals surface area contributed by atoms with E-state index in [2.05, 4.69) is 9.72 Å². The van der Waals surface area contributed by atoms with E-state index in [-0.39, 0.29) is 16.8 Å². The minimum Gasteiger partial charge on any atom is -0.465 e. The molecule has 0 saturated heterocycles. The summed E-state index contributed by atoms with van der Waals surface area (Å²) in [7, 11) is 1.14. The van der Waals surface area contributed by atoms with Gasteiger partial charge in [-0.05, 0) is 0 Å². The monoisotopic (exact) mass is 193 g/mol. The van der Waals surface area contributed by atoms with Crippen LogP contribution in [0.5, 0.6) is 0 Å². The van der Waals surface area contributed by atoms with E-state index in [1.54, 1.807) is 6.07 Å². The summed E-state index contributed by atoms with van der Waals surface area (Å²) in [6.45, 7) is 0. The van der Waals surface area contributed by atoms with Crippen LogP contribution in [0.15, 0.2) is 11.0 Å². The van der Waals surface area contributed by atoms with E-state index in [9.17, 15) is 9.59 Å². The van der Waals surface area contributed by atoms with Gasteiger partial charge in [-0.1, -0.05) is 0 Å². The molecule has 1 aromatic rings. The number of anilines is 1. The third kappa shape index (κ3) is 1.43. The number of nitriles is 1. The maximum absolute atomic E-state index is 11.2. The van der Waals surface area contributed by atoms with Gasteiger partial charge in [0.1, 0.15) is 17.3 Å². The molecule has 1 aromatic heterocycles. The van der Waals surface area contributed by atoms with Crippen molar-refractivity contribution in [1.29, 1.82) is 5.26 Å². The average molecular weight is 193 g/mol. The first-order valence-electron chi connectivity index (χ1n) is 3.61. The van der Waals surface area contributed by atoms with Gasteiger partial charge in [0.05, 0.1) is 12.7 Å². The van der Waals surface area contributed by atoms with E-state index < -0.39 is 11.5 Å². The number of aromatic amines is 1. The highest BCUT2D eigenvalue weighted by Crippen LogP contribution is 2.11. The quantitative estimate of drug-likeness (QED) is 0.590. The molecule has 0 bridgehead atoms. The molecular weight excluding hydrogens is 186 g/mol. The number of nitrogens with one attached hydrogen (secondary N) is 1. The number of nitrogens with two attached hydrogens (primary N) is 1. The van der Waals surface area contributed by atoms with Crippen LogP contribution in [-0.4, -0.2) is 18.1 Å². The third-order valence-corrected chi connectivity index (χ3v) is 1.64. The molecule has 0 fully saturated rings. The van der Waals surface area contributed by atoms with E-state index in [1.807, 2.05) is 0 Å². The first-order chi connectivity index (χ1) is 6.61. The minimum atomic E-state index is -0.801. The Morgan fingerprint density at radius 3 is 2.86 bits per heavy atom. The smallest absolute Gasteiger partial charge is 0.341 e. The van der Waals surface area contributed by atoms with Gasteiger partial charge in [0, 0.05) is 6.20 Å². The molecule has 0 unspecified atom stereocenters. The number of ether oxygens (including phenoxy) is 1. The van der Waals surface area contributed by atoms with Crippen molar-refractivity contribution in [3.63, 3.8) is 0 Å². The van der Waals surface area contributed by atoms with Crippen LogP contribution < -0.4 is 11.3 Å². The van der Waals surface area contributed by atoms with E-state index in [0.717, 1.165) is 13.3 Å². The Labute approximate surface area is 78.9 Å². The van der Waals surface area contributed by atoms with Crippen molar-refractivity contribution in [2.45, 2.75) is 0 Å². The molecule has 6 nitrogen and oxygen atoms in total. The summed E-state index contributed by atoms with van der Waals surface area (Å²) in [5, 5.41) is 8.64. The summed E-state index contributed by atoms with van der Waals surface area (Å²) in [6, 6.07) is 1.73. The van der Waals surface area contributed by atoms with Crippen molar-refractivity contribution in [2.24, 2.45) is 0 Å². The lowest BCUT2D eigenvalue weighted by molar-refractivity contribution is 0.0601. The van der Waals surface area contributed by atoms with Crippen molar-refractivity contribution < 1.29 is 9.53 Å². The van der Waals surface area contributed by atoms with Gasteiger partial charge in [-0.25, -0.2) is 4.79 Å². The number of carbonyl (C=O) groups is 1. The van der Waals surface area contributed by atoms with Gasteiger partial charge in [-0.3, -0.25) is 4.79 Å². The number of carbonyl (C=O) groups excluding carboxylic acids is 1. The van der Waals surface area contributed by atoms with E-state index >= 15 is 0 Å². The number of rotatable bonds is 1. The fourth-order valence-corrected chi connectivity index (χ4v) is 0.956. The molecule has 1 rings (SSSR count). The topological polar surface area (TPSA) is 109 Å². The lowest BCUT2D eigenvalue weighted by atomic mass is 10.1. The maximum atomic E-state index is 11.2. The van der Waals surface area contributed by atoms with Crippen molar-refractivity contribution in [3.8, 4) is 6.07 Å². The molecular formula is C8H7N3O3. The number of esters is 1. The Hall–Kier alpha value is -2.29. The number of methoxy groups -OCH3 is 1. The van der Waals surface area contributed by atoms with Gasteiger partial charge in [0.15, 0.2) is 0 Å². The summed E-state index contributed by atoms with van der Waals surface area (Å²) >= 11 is 0. The SMILES string of the molecule is COC(=O)c1c(C#N)c[nH]c(=O)c1N. The second kappa shape index (κ2) is 3.62. The van der Waals surface area contributed by atoms with Crippen molar-refractivity contribution in [1.82, 2.24) is 4.98 Å². The Morgan fingerprint density at radius 1 is 1.71 bits per heavy atom. The van der Waals surface area contributed by atoms with Crippen LogP contribution in [0.4, 0.5) is 5.69 Å². The summed E-state index contributed by atoms with van der Waals surface area (Å²) in [5.41, 5.74) is 4.19. The predicted octanol–water partition coefficient (Wildman–Crippen LogP) is -0.385. The van der Waals surface area contributed by atoms with E-state index in [1.165, 1.54) is 0 Å². The predicted molar refractivity (Wildman–Crippen MR) is 47.5 cm³/mol. The highest BCUT2D eigenvalue weighted by atomic mass is 16.5. The molecule has 3 N–H and O–H groups in total. The number of hydrogen-bond donors (Lipinski definition) is 2. The van der Waals surface area contributed by atoms with Gasteiger partial charge in [0.25, 0.3) is 5.56 Å². The van der Waals surface area contributed by atoms with Crippen molar-refractivity contribution >= 4 is 11.7 Å². The molecule has 0 saturated carbocycles. The normalized spacial score (nSPS) is 9.14. The van der Waals surface area contributed by atoms with Gasteiger partial charge in [0.2, 0.25) is 0 Å². The second-order valence-corrected chi connectivity index (χ2v) is 2.42. The Balaban J connectivity index is 3.53. The van der Waals surface area contributed by atoms with Gasteiger partial charge in [-0.15, -0.1) is 0 Å². The Morgan fingerprint density at radius 2 is 2.36 bits per heavy atom. The minimum absolute atomic E-state index is 0.0195. The first kappa shape index (κ1) is 9.80. The molecule has 0 aliphatic rings. The average Bonchev–Trinajstić information content (AvgIpc) is 2.20. The molecule has 14 heavy (non-hydrogen) atoms. The molecule has 0 spiro atoms. The molecule has 0 aliphatic heterocycles. The molecule has 6 heteroatoms. The summed E-state index contributed by atoms with van der Waals surface area (Å²) in [5.74, 6) is -0.801. The highest BCUT2D eigenvalue weighted by molar-refractivity contribution is 5.97. The van der Waals surface area contributed by atoms with Crippen LogP contribution in [0.25, 0.3) is 0 Å². The number of aromatic nitrogens is 1. The van der Waals surface area contributed by atoms with Gasteiger partial charge >= 0.3 is 5.97 Å². The molecule has 0 atom stereocenters. The second-order valence-electron chi connectivity index (χ2n) is 2.42. The number of nitrogen functional groups attached to an aromatic ring is 1. The van der Waals surface area contributed by atoms with Crippen LogP contribution in [0.3, 0.4) is 0 Å². The zero-order chi connectivity index (χ0) is 10.7. The number of hydrogen-bond acceptors (Lipinski definition) is 5. The van der Waals surface area contributed by atoms with Gasteiger partial charge < -0.3 is 15.5 Å². The van der Waals surface area contributed by atoms with Gasteiger partial charge in [-0.2, -0.15) is 5.26 Å². The van der Waals surface area contributed by atoms with E-state index in [0.29, 0.717) is 0 Å². The number of nitrogens with zero attached hydrogens (tertiary/aromatic N) is 1. The fraction of sp³-hybridized carbons (Fsp3) is 0.125. The Kier molecular flexibility index (Phi) is 2.53. The lowest BCUT2D eigenvalue weighted by Gasteiger charge is -2.03. The van der Waals surface area contributed by atoms with Crippen LogP contribution >= 0.6 is 0 Å². The largest absolute Gasteiger partial charge is 0.465 e. The number of pyridine rings is 1. The summed E-state index contributed by atoms with van der Waals surface area (Å²) < 4.78 is 4.39. The lowest BCUT2D eigenvalue weighted by Crippen LogP contribution is -2.19. The van der Waals surface area contributed by atoms with E-state index in [4.69, 9.17) is 11.0 Å². The van der Waals surface area contributed by atoms with Crippen LogP contribution in [0, 0.1) is 11.3 Å². The van der Waals surface area contributed by atoms with Crippen molar-refractivity contribution in [2.75, 3.05) is 12.8 Å². The molecule has 0 aromatic carbocycles. The summed E-state index contributed by atoms with van der Waals surface area (Å²) in [4.78, 5) is 24.4. The molecule has 0 radical (unpaired) electrons. The standard InChI is InChI=1S/C8H7N3O3/c1-14-8(13)5-4(2-9)3-11-7(12)6(5)10/h3H,10H2,1H3,(H,11,12). The zero-order valence-corrected chi connectivity index (χ0v) is 7.33. The van der Waals surface area contributed by atoms with Crippen molar-refractivity contribution in [3.05, 3.63) is 27.7 Å². The molecule has 0 amide bonds. The molecule has 1 heterocycles. The zero-order valence-electron chi connectivity index (χ0n) is 7.33. The first-order valence-corrected chi connectivity index (χ1v) is 3.61. The highest BCUT2D eigenvalue weighted by Gasteiger charge is 2.17. The Bertz CT molecular complexity index is 470. The molecule has 0 aliphatic carbocycles.